The lowest BCUT2D eigenvalue weighted by molar-refractivity contribution is -0.128. The first-order valence-corrected chi connectivity index (χ1v) is 11.0. The predicted octanol–water partition coefficient (Wildman–Crippen LogP) is 4.77. The Labute approximate surface area is 173 Å². The van der Waals surface area contributed by atoms with Crippen LogP contribution < -0.4 is 0 Å². The van der Waals surface area contributed by atoms with E-state index in [9.17, 15) is 4.79 Å². The van der Waals surface area contributed by atoms with E-state index < -0.39 is 0 Å². The molecule has 0 aliphatic carbocycles. The smallest absolute Gasteiger partial charge is 0.233 e. The molecule has 0 spiro atoms. The number of amides is 1. The summed E-state index contributed by atoms with van der Waals surface area (Å²) in [6, 6.07) is 10.6. The first-order valence-electron chi connectivity index (χ1n) is 9.13. The van der Waals surface area contributed by atoms with Crippen molar-refractivity contribution in [1.29, 1.82) is 5.26 Å². The fraction of sp³-hybridized carbons (Fsp3) is 0.333. The standard InChI is InChI=1S/C21H22N4OS2/c1-4-25(10-15(3)9-22)18(26)12-28-21-19-17(11-27-20(19)23-13-24-21)16-7-5-14(2)6-8-16/h5-8,11,13,15H,4,10,12H2,1-3H3. The molecule has 0 aliphatic rings. The van der Waals surface area contributed by atoms with E-state index >= 15 is 0 Å². The molecular formula is C21H22N4OS2. The molecule has 1 unspecified atom stereocenters. The maximum atomic E-state index is 12.6. The molecule has 0 aliphatic heterocycles. The highest BCUT2D eigenvalue weighted by Gasteiger charge is 2.18. The zero-order valence-electron chi connectivity index (χ0n) is 16.2. The average Bonchev–Trinajstić information content (AvgIpc) is 3.15. The first-order chi connectivity index (χ1) is 13.5. The normalized spacial score (nSPS) is 11.9. The van der Waals surface area contributed by atoms with Crippen LogP contribution in [0, 0.1) is 24.2 Å². The molecule has 1 amide bonds. The highest BCUT2D eigenvalue weighted by molar-refractivity contribution is 8.00. The van der Waals surface area contributed by atoms with E-state index in [1.165, 1.54) is 17.3 Å². The van der Waals surface area contributed by atoms with Gasteiger partial charge in [-0.2, -0.15) is 5.26 Å². The van der Waals surface area contributed by atoms with Crippen LogP contribution in [0.1, 0.15) is 19.4 Å². The van der Waals surface area contributed by atoms with Crippen LogP contribution in [0.5, 0.6) is 0 Å². The molecule has 0 N–H and O–H groups in total. The first kappa shape index (κ1) is 20.3. The van der Waals surface area contributed by atoms with Crippen LogP contribution in [-0.4, -0.2) is 39.6 Å². The van der Waals surface area contributed by atoms with Gasteiger partial charge in [-0.1, -0.05) is 41.6 Å². The predicted molar refractivity (Wildman–Crippen MR) is 115 cm³/mol. The lowest BCUT2D eigenvalue weighted by Gasteiger charge is -2.21. The van der Waals surface area contributed by atoms with Crippen molar-refractivity contribution in [2.45, 2.75) is 25.8 Å². The monoisotopic (exact) mass is 410 g/mol. The molecule has 1 aromatic carbocycles. The second-order valence-electron chi connectivity index (χ2n) is 6.63. The van der Waals surface area contributed by atoms with Crippen LogP contribution in [0.15, 0.2) is 41.0 Å². The highest BCUT2D eigenvalue weighted by Crippen LogP contribution is 2.37. The van der Waals surface area contributed by atoms with Gasteiger partial charge in [0.05, 0.1) is 23.1 Å². The third-order valence-electron chi connectivity index (χ3n) is 4.48. The van der Waals surface area contributed by atoms with E-state index in [1.807, 2.05) is 13.8 Å². The molecule has 0 saturated carbocycles. The van der Waals surface area contributed by atoms with Gasteiger partial charge in [-0.25, -0.2) is 9.97 Å². The second kappa shape index (κ2) is 9.18. The number of hydrogen-bond acceptors (Lipinski definition) is 6. The number of nitriles is 1. The molecule has 0 bridgehead atoms. The molecule has 2 aromatic heterocycles. The maximum absolute atomic E-state index is 12.6. The Morgan fingerprint density at radius 3 is 2.75 bits per heavy atom. The molecule has 5 nitrogen and oxygen atoms in total. The number of aromatic nitrogens is 2. The lowest BCUT2D eigenvalue weighted by Crippen LogP contribution is -2.35. The maximum Gasteiger partial charge on any atom is 0.233 e. The number of carbonyl (C=O) groups excluding carboxylic acids is 1. The Morgan fingerprint density at radius 2 is 2.07 bits per heavy atom. The minimum absolute atomic E-state index is 0.0217. The van der Waals surface area contributed by atoms with Crippen LogP contribution in [0.4, 0.5) is 0 Å². The summed E-state index contributed by atoms with van der Waals surface area (Å²) >= 11 is 3.02. The van der Waals surface area contributed by atoms with Gasteiger partial charge < -0.3 is 4.90 Å². The van der Waals surface area contributed by atoms with E-state index in [4.69, 9.17) is 5.26 Å². The summed E-state index contributed by atoms with van der Waals surface area (Å²) in [7, 11) is 0. The van der Waals surface area contributed by atoms with Gasteiger partial charge >= 0.3 is 0 Å². The fourth-order valence-corrected chi connectivity index (χ4v) is 4.80. The zero-order valence-corrected chi connectivity index (χ0v) is 17.8. The van der Waals surface area contributed by atoms with Crippen molar-refractivity contribution in [2.24, 2.45) is 5.92 Å². The summed E-state index contributed by atoms with van der Waals surface area (Å²) in [5.74, 6) is 0.138. The minimum Gasteiger partial charge on any atom is -0.341 e. The number of thioether (sulfide) groups is 1. The largest absolute Gasteiger partial charge is 0.341 e. The summed E-state index contributed by atoms with van der Waals surface area (Å²) in [6.45, 7) is 6.88. The molecule has 144 valence electrons. The van der Waals surface area contributed by atoms with Crippen molar-refractivity contribution in [3.8, 4) is 17.2 Å². The number of aryl methyl sites for hydroxylation is 1. The van der Waals surface area contributed by atoms with Crippen LogP contribution in [0.2, 0.25) is 0 Å². The van der Waals surface area contributed by atoms with Gasteiger partial charge in [-0.15, -0.1) is 11.3 Å². The van der Waals surface area contributed by atoms with Crippen molar-refractivity contribution in [2.75, 3.05) is 18.8 Å². The topological polar surface area (TPSA) is 69.9 Å². The van der Waals surface area contributed by atoms with Crippen molar-refractivity contribution in [1.82, 2.24) is 14.9 Å². The van der Waals surface area contributed by atoms with Crippen LogP contribution in [0.25, 0.3) is 21.3 Å². The molecule has 7 heteroatoms. The Bertz CT molecular complexity index is 1010. The second-order valence-corrected chi connectivity index (χ2v) is 8.45. The van der Waals surface area contributed by atoms with E-state index in [-0.39, 0.29) is 11.8 Å². The van der Waals surface area contributed by atoms with Crippen molar-refractivity contribution in [3.05, 3.63) is 41.5 Å². The molecule has 0 radical (unpaired) electrons. The minimum atomic E-state index is -0.176. The number of hydrogen-bond donors (Lipinski definition) is 0. The van der Waals surface area contributed by atoms with Gasteiger partial charge in [0.15, 0.2) is 0 Å². The number of nitrogens with zero attached hydrogens (tertiary/aromatic N) is 4. The van der Waals surface area contributed by atoms with Gasteiger partial charge in [0.1, 0.15) is 16.2 Å². The van der Waals surface area contributed by atoms with Crippen LogP contribution in [0.3, 0.4) is 0 Å². The zero-order chi connectivity index (χ0) is 20.1. The van der Waals surface area contributed by atoms with Crippen molar-refractivity contribution in [3.63, 3.8) is 0 Å². The lowest BCUT2D eigenvalue weighted by atomic mass is 10.1. The summed E-state index contributed by atoms with van der Waals surface area (Å²) < 4.78 is 0. The molecule has 0 saturated heterocycles. The Hall–Kier alpha value is -2.43. The van der Waals surface area contributed by atoms with Gasteiger partial charge in [-0.05, 0) is 26.3 Å². The molecule has 3 rings (SSSR count). The number of carbonyl (C=O) groups is 1. The summed E-state index contributed by atoms with van der Waals surface area (Å²) in [5, 5.41) is 12.9. The molecule has 3 aromatic rings. The fourth-order valence-electron chi connectivity index (χ4n) is 2.90. The van der Waals surface area contributed by atoms with Gasteiger partial charge in [0.25, 0.3) is 0 Å². The van der Waals surface area contributed by atoms with E-state index in [0.29, 0.717) is 18.8 Å². The SMILES string of the molecule is CCN(CC(C)C#N)C(=O)CSc1ncnc2scc(-c3ccc(C)cc3)c12. The average molecular weight is 411 g/mol. The third-order valence-corrected chi connectivity index (χ3v) is 6.34. The Morgan fingerprint density at radius 1 is 1.32 bits per heavy atom. The number of fused-ring (bicyclic) bond motifs is 1. The van der Waals surface area contributed by atoms with Gasteiger partial charge in [0.2, 0.25) is 5.91 Å². The number of benzene rings is 1. The number of rotatable bonds is 7. The molecule has 2 heterocycles. The van der Waals surface area contributed by atoms with Gasteiger partial charge in [0, 0.05) is 24.0 Å². The quantitative estimate of drug-likeness (QED) is 0.415. The van der Waals surface area contributed by atoms with Crippen LogP contribution in [-0.2, 0) is 4.79 Å². The molecule has 0 fully saturated rings. The van der Waals surface area contributed by atoms with Gasteiger partial charge in [-0.3, -0.25) is 4.79 Å². The summed E-state index contributed by atoms with van der Waals surface area (Å²) in [4.78, 5) is 24.1. The van der Waals surface area contributed by atoms with Crippen molar-refractivity contribution >= 4 is 39.2 Å². The van der Waals surface area contributed by atoms with E-state index in [1.54, 1.807) is 22.6 Å². The molecule has 1 atom stereocenters. The third kappa shape index (κ3) is 4.51. The summed E-state index contributed by atoms with van der Waals surface area (Å²) in [6.07, 6.45) is 1.56. The number of thiophene rings is 1. The summed E-state index contributed by atoms with van der Waals surface area (Å²) in [5.41, 5.74) is 3.44. The highest BCUT2D eigenvalue weighted by atomic mass is 32.2. The Kier molecular flexibility index (Phi) is 6.65. The molecular weight excluding hydrogens is 388 g/mol. The van der Waals surface area contributed by atoms with E-state index in [2.05, 4.69) is 52.6 Å². The molecule has 28 heavy (non-hydrogen) atoms. The van der Waals surface area contributed by atoms with Crippen molar-refractivity contribution < 1.29 is 4.79 Å². The van der Waals surface area contributed by atoms with E-state index in [0.717, 1.165) is 26.4 Å². The Balaban J connectivity index is 1.83. The van der Waals surface area contributed by atoms with Crippen LogP contribution >= 0.6 is 23.1 Å².